The molecule has 1 aromatic heterocycles. The van der Waals surface area contributed by atoms with Crippen molar-refractivity contribution in [3.63, 3.8) is 0 Å². The number of nitrogens with one attached hydrogen (secondary N) is 1. The molecule has 0 saturated carbocycles. The molecule has 2 aromatic rings. The Labute approximate surface area is 141 Å². The van der Waals surface area contributed by atoms with Gasteiger partial charge in [-0.1, -0.05) is 25.5 Å². The molecule has 0 saturated heterocycles. The van der Waals surface area contributed by atoms with Crippen LogP contribution in [0.2, 0.25) is 0 Å². The van der Waals surface area contributed by atoms with E-state index in [9.17, 15) is 4.79 Å². The number of nitrogens with two attached hydrogens (primary N) is 1. The van der Waals surface area contributed by atoms with Crippen LogP contribution >= 0.6 is 23.7 Å². The van der Waals surface area contributed by atoms with E-state index in [1.165, 1.54) is 0 Å². The number of anilines is 1. The van der Waals surface area contributed by atoms with Crippen molar-refractivity contribution >= 4 is 35.3 Å². The van der Waals surface area contributed by atoms with Crippen LogP contribution in [0.3, 0.4) is 0 Å². The number of thiazole rings is 1. The maximum Gasteiger partial charge on any atom is 0.244 e. The van der Waals surface area contributed by atoms with Gasteiger partial charge in [0.2, 0.25) is 5.91 Å². The van der Waals surface area contributed by atoms with E-state index in [0.717, 1.165) is 28.4 Å². The monoisotopic (exact) mass is 339 g/mol. The summed E-state index contributed by atoms with van der Waals surface area (Å²) < 4.78 is 0. The summed E-state index contributed by atoms with van der Waals surface area (Å²) in [6.45, 7) is 5.76. The number of rotatable bonds is 5. The molecule has 4 nitrogen and oxygen atoms in total. The molecule has 0 aliphatic carbocycles. The average Bonchev–Trinajstić information content (AvgIpc) is 2.86. The molecule has 1 unspecified atom stereocenters. The number of benzene rings is 1. The smallest absolute Gasteiger partial charge is 0.244 e. The molecule has 1 aromatic carbocycles. The van der Waals surface area contributed by atoms with Crippen LogP contribution in [0.15, 0.2) is 29.6 Å². The molecule has 1 heterocycles. The minimum Gasteiger partial charge on any atom is -0.324 e. The Morgan fingerprint density at radius 1 is 1.45 bits per heavy atom. The lowest BCUT2D eigenvalue weighted by Gasteiger charge is -2.22. The number of carbonyl (C=O) groups is 1. The fraction of sp³-hybridized carbons (Fsp3) is 0.375. The first-order chi connectivity index (χ1) is 9.92. The third-order valence-corrected chi connectivity index (χ3v) is 4.10. The van der Waals surface area contributed by atoms with Crippen molar-refractivity contribution in [1.29, 1.82) is 0 Å². The Hall–Kier alpha value is -1.43. The summed E-state index contributed by atoms with van der Waals surface area (Å²) in [7, 11) is 0. The van der Waals surface area contributed by atoms with E-state index >= 15 is 0 Å². The Morgan fingerprint density at radius 2 is 2.18 bits per heavy atom. The summed E-state index contributed by atoms with van der Waals surface area (Å²) in [5.41, 5.74) is 7.87. The SMILES string of the molecule is CCCC(C)(N)C(=O)Nc1cccc(-c2csc(C)n2)c1.Cl. The van der Waals surface area contributed by atoms with Crippen LogP contribution in [-0.4, -0.2) is 16.4 Å². The van der Waals surface area contributed by atoms with Gasteiger partial charge < -0.3 is 11.1 Å². The van der Waals surface area contributed by atoms with Crippen molar-refractivity contribution in [3.8, 4) is 11.3 Å². The van der Waals surface area contributed by atoms with Gasteiger partial charge in [-0.05, 0) is 32.4 Å². The number of amides is 1. The van der Waals surface area contributed by atoms with Gasteiger partial charge in [-0.3, -0.25) is 4.79 Å². The summed E-state index contributed by atoms with van der Waals surface area (Å²) in [5, 5.41) is 5.93. The van der Waals surface area contributed by atoms with Gasteiger partial charge in [0.05, 0.1) is 16.2 Å². The minimum atomic E-state index is -0.845. The van der Waals surface area contributed by atoms with Gasteiger partial charge in [-0.2, -0.15) is 0 Å². The summed E-state index contributed by atoms with van der Waals surface area (Å²) in [6, 6.07) is 7.68. The summed E-state index contributed by atoms with van der Waals surface area (Å²) in [5.74, 6) is -0.157. The first kappa shape index (κ1) is 18.6. The van der Waals surface area contributed by atoms with E-state index in [1.807, 2.05) is 43.5 Å². The second-order valence-electron chi connectivity index (χ2n) is 5.45. The molecule has 0 aliphatic heterocycles. The van der Waals surface area contributed by atoms with E-state index in [1.54, 1.807) is 18.3 Å². The largest absolute Gasteiger partial charge is 0.324 e. The van der Waals surface area contributed by atoms with Crippen LogP contribution in [0.1, 0.15) is 31.7 Å². The van der Waals surface area contributed by atoms with Gasteiger partial charge in [0.15, 0.2) is 0 Å². The first-order valence-corrected chi connectivity index (χ1v) is 7.93. The van der Waals surface area contributed by atoms with E-state index in [2.05, 4.69) is 10.3 Å². The molecule has 0 aliphatic rings. The third kappa shape index (κ3) is 4.53. The summed E-state index contributed by atoms with van der Waals surface area (Å²) in [4.78, 5) is 16.7. The van der Waals surface area contributed by atoms with Gasteiger partial charge in [-0.15, -0.1) is 23.7 Å². The fourth-order valence-electron chi connectivity index (χ4n) is 2.16. The zero-order chi connectivity index (χ0) is 15.5. The Morgan fingerprint density at radius 3 is 2.77 bits per heavy atom. The average molecular weight is 340 g/mol. The highest BCUT2D eigenvalue weighted by Gasteiger charge is 2.27. The highest BCUT2D eigenvalue weighted by Crippen LogP contribution is 2.24. The molecule has 0 spiro atoms. The van der Waals surface area contributed by atoms with Crippen LogP contribution in [0, 0.1) is 6.92 Å². The number of carbonyl (C=O) groups excluding carboxylic acids is 1. The van der Waals surface area contributed by atoms with Crippen LogP contribution < -0.4 is 11.1 Å². The Bertz CT molecular complexity index is 640. The molecule has 6 heteroatoms. The lowest BCUT2D eigenvalue weighted by Crippen LogP contribution is -2.48. The second kappa shape index (κ2) is 7.72. The normalized spacial score (nSPS) is 13.1. The van der Waals surface area contributed by atoms with Crippen molar-refractivity contribution in [2.75, 3.05) is 5.32 Å². The van der Waals surface area contributed by atoms with Crippen molar-refractivity contribution in [1.82, 2.24) is 4.98 Å². The van der Waals surface area contributed by atoms with Crippen molar-refractivity contribution < 1.29 is 4.79 Å². The van der Waals surface area contributed by atoms with Crippen LogP contribution in [-0.2, 0) is 4.79 Å². The molecular formula is C16H22ClN3OS. The second-order valence-corrected chi connectivity index (χ2v) is 6.52. The van der Waals surface area contributed by atoms with Gasteiger partial charge in [-0.25, -0.2) is 4.98 Å². The highest BCUT2D eigenvalue weighted by molar-refractivity contribution is 7.09. The van der Waals surface area contributed by atoms with Crippen LogP contribution in [0.4, 0.5) is 5.69 Å². The molecular weight excluding hydrogens is 318 g/mol. The van der Waals surface area contributed by atoms with Crippen molar-refractivity contribution in [2.24, 2.45) is 5.73 Å². The molecule has 1 atom stereocenters. The predicted molar refractivity (Wildman–Crippen MR) is 95.7 cm³/mol. The molecule has 0 bridgehead atoms. The maximum absolute atomic E-state index is 12.2. The number of hydrogen-bond donors (Lipinski definition) is 2. The molecule has 0 fully saturated rings. The number of aromatic nitrogens is 1. The quantitative estimate of drug-likeness (QED) is 0.865. The highest BCUT2D eigenvalue weighted by atomic mass is 35.5. The third-order valence-electron chi connectivity index (χ3n) is 3.32. The topological polar surface area (TPSA) is 68.0 Å². The zero-order valence-corrected chi connectivity index (χ0v) is 14.7. The van der Waals surface area contributed by atoms with Crippen LogP contribution in [0.5, 0.6) is 0 Å². The number of halogens is 1. The zero-order valence-electron chi connectivity index (χ0n) is 13.1. The number of aryl methyl sites for hydroxylation is 1. The number of nitrogens with zero attached hydrogens (tertiary/aromatic N) is 1. The van der Waals surface area contributed by atoms with E-state index in [4.69, 9.17) is 5.73 Å². The van der Waals surface area contributed by atoms with E-state index < -0.39 is 5.54 Å². The van der Waals surface area contributed by atoms with Crippen LogP contribution in [0.25, 0.3) is 11.3 Å². The van der Waals surface area contributed by atoms with Crippen molar-refractivity contribution in [2.45, 2.75) is 39.2 Å². The lowest BCUT2D eigenvalue weighted by atomic mass is 9.96. The molecule has 120 valence electrons. The molecule has 1 amide bonds. The van der Waals surface area contributed by atoms with Gasteiger partial charge in [0, 0.05) is 16.6 Å². The lowest BCUT2D eigenvalue weighted by molar-refractivity contribution is -0.120. The first-order valence-electron chi connectivity index (χ1n) is 7.05. The maximum atomic E-state index is 12.2. The van der Waals surface area contributed by atoms with E-state index in [-0.39, 0.29) is 18.3 Å². The molecule has 2 rings (SSSR count). The van der Waals surface area contributed by atoms with Gasteiger partial charge >= 0.3 is 0 Å². The summed E-state index contributed by atoms with van der Waals surface area (Å²) in [6.07, 6.45) is 1.53. The molecule has 0 radical (unpaired) electrons. The fourth-order valence-corrected chi connectivity index (χ4v) is 2.78. The minimum absolute atomic E-state index is 0. The molecule has 3 N–H and O–H groups in total. The molecule has 22 heavy (non-hydrogen) atoms. The van der Waals surface area contributed by atoms with Gasteiger partial charge in [0.25, 0.3) is 0 Å². The Balaban J connectivity index is 0.00000242. The number of hydrogen-bond acceptors (Lipinski definition) is 4. The summed E-state index contributed by atoms with van der Waals surface area (Å²) >= 11 is 1.61. The van der Waals surface area contributed by atoms with Gasteiger partial charge in [0.1, 0.15) is 0 Å². The standard InChI is InChI=1S/C16H21N3OS.ClH/c1-4-8-16(3,17)15(20)19-13-7-5-6-12(9-13)14-10-21-11(2)18-14;/h5-7,9-10H,4,8,17H2,1-3H3,(H,19,20);1H. The predicted octanol–water partition coefficient (Wildman–Crippen LogP) is 4.00. The van der Waals surface area contributed by atoms with Crippen molar-refractivity contribution in [3.05, 3.63) is 34.7 Å². The van der Waals surface area contributed by atoms with E-state index in [0.29, 0.717) is 6.42 Å². The Kier molecular flexibility index (Phi) is 6.53.